The molecule has 1 aliphatic heterocycles. The zero-order chi connectivity index (χ0) is 13.2. The van der Waals surface area contributed by atoms with Crippen LogP contribution in [0.1, 0.15) is 30.1 Å². The quantitative estimate of drug-likeness (QED) is 0.936. The highest BCUT2D eigenvalue weighted by molar-refractivity contribution is 6.31. The standard InChI is InChI=1S/C14H17ClN4/c1-10-11(15)5-4-6-12(10)16-9-14-18-17-13-7-2-3-8-19(13)14/h4-6,16H,2-3,7-9H2,1H3. The molecule has 1 aromatic carbocycles. The van der Waals surface area contributed by atoms with E-state index in [1.165, 1.54) is 12.8 Å². The first-order chi connectivity index (χ1) is 9.25. The molecule has 3 rings (SSSR count). The molecular formula is C14H17ClN4. The smallest absolute Gasteiger partial charge is 0.152 e. The number of nitrogens with zero attached hydrogens (tertiary/aromatic N) is 3. The molecule has 0 radical (unpaired) electrons. The van der Waals surface area contributed by atoms with Crippen molar-refractivity contribution in [3.05, 3.63) is 40.4 Å². The van der Waals surface area contributed by atoms with Crippen LogP contribution in [0.15, 0.2) is 18.2 Å². The van der Waals surface area contributed by atoms with Crippen LogP contribution < -0.4 is 5.32 Å². The summed E-state index contributed by atoms with van der Waals surface area (Å²) in [7, 11) is 0. The molecule has 0 saturated carbocycles. The number of anilines is 1. The van der Waals surface area contributed by atoms with Gasteiger partial charge in [-0.15, -0.1) is 10.2 Å². The third-order valence-electron chi connectivity index (χ3n) is 3.64. The number of aryl methyl sites for hydroxylation is 1. The molecule has 100 valence electrons. The molecule has 0 fully saturated rings. The Hall–Kier alpha value is -1.55. The van der Waals surface area contributed by atoms with E-state index in [9.17, 15) is 0 Å². The molecule has 0 atom stereocenters. The molecule has 2 aromatic rings. The third-order valence-corrected chi connectivity index (χ3v) is 4.05. The lowest BCUT2D eigenvalue weighted by Crippen LogP contribution is -2.15. The summed E-state index contributed by atoms with van der Waals surface area (Å²) in [5.74, 6) is 2.12. The first-order valence-corrected chi connectivity index (χ1v) is 7.03. The molecule has 1 aliphatic rings. The topological polar surface area (TPSA) is 42.7 Å². The molecular weight excluding hydrogens is 260 g/mol. The summed E-state index contributed by atoms with van der Waals surface area (Å²) in [5.41, 5.74) is 2.13. The normalized spacial score (nSPS) is 14.2. The minimum atomic E-state index is 0.689. The van der Waals surface area contributed by atoms with Gasteiger partial charge in [-0.2, -0.15) is 0 Å². The van der Waals surface area contributed by atoms with Crippen molar-refractivity contribution in [1.29, 1.82) is 0 Å². The number of halogens is 1. The number of benzene rings is 1. The molecule has 0 unspecified atom stereocenters. The van der Waals surface area contributed by atoms with Crippen LogP contribution in [-0.4, -0.2) is 14.8 Å². The minimum absolute atomic E-state index is 0.689. The summed E-state index contributed by atoms with van der Waals surface area (Å²) < 4.78 is 2.23. The van der Waals surface area contributed by atoms with E-state index in [0.717, 1.165) is 40.9 Å². The summed E-state index contributed by atoms with van der Waals surface area (Å²) in [4.78, 5) is 0. The van der Waals surface area contributed by atoms with Crippen molar-refractivity contribution >= 4 is 17.3 Å². The molecule has 0 spiro atoms. The van der Waals surface area contributed by atoms with Crippen molar-refractivity contribution < 1.29 is 0 Å². The van der Waals surface area contributed by atoms with Crippen LogP contribution in [0.2, 0.25) is 5.02 Å². The van der Waals surface area contributed by atoms with E-state index < -0.39 is 0 Å². The average Bonchev–Trinajstić information content (AvgIpc) is 2.84. The van der Waals surface area contributed by atoms with E-state index in [1.54, 1.807) is 0 Å². The predicted octanol–water partition coefficient (Wildman–Crippen LogP) is 3.19. The van der Waals surface area contributed by atoms with Crippen molar-refractivity contribution in [3.63, 3.8) is 0 Å². The summed E-state index contributed by atoms with van der Waals surface area (Å²) in [6.45, 7) is 3.74. The maximum absolute atomic E-state index is 6.12. The van der Waals surface area contributed by atoms with Crippen LogP contribution in [0, 0.1) is 6.92 Å². The Morgan fingerprint density at radius 2 is 2.21 bits per heavy atom. The van der Waals surface area contributed by atoms with Gasteiger partial charge >= 0.3 is 0 Å². The number of fused-ring (bicyclic) bond motifs is 1. The van der Waals surface area contributed by atoms with E-state index in [4.69, 9.17) is 11.6 Å². The Morgan fingerprint density at radius 1 is 1.32 bits per heavy atom. The van der Waals surface area contributed by atoms with Gasteiger partial charge in [0.1, 0.15) is 5.82 Å². The third kappa shape index (κ3) is 2.45. The SMILES string of the molecule is Cc1c(Cl)cccc1NCc1nnc2n1CCCC2. The van der Waals surface area contributed by atoms with Gasteiger partial charge in [0.25, 0.3) is 0 Å². The van der Waals surface area contributed by atoms with E-state index >= 15 is 0 Å². The van der Waals surface area contributed by atoms with Gasteiger partial charge in [-0.25, -0.2) is 0 Å². The van der Waals surface area contributed by atoms with E-state index in [2.05, 4.69) is 20.1 Å². The summed E-state index contributed by atoms with van der Waals surface area (Å²) in [5, 5.41) is 12.7. The molecule has 4 nitrogen and oxygen atoms in total. The van der Waals surface area contributed by atoms with Crippen LogP contribution in [0.4, 0.5) is 5.69 Å². The van der Waals surface area contributed by atoms with Crippen molar-refractivity contribution in [2.75, 3.05) is 5.32 Å². The van der Waals surface area contributed by atoms with Gasteiger partial charge < -0.3 is 9.88 Å². The largest absolute Gasteiger partial charge is 0.377 e. The predicted molar refractivity (Wildman–Crippen MR) is 76.5 cm³/mol. The monoisotopic (exact) mass is 276 g/mol. The van der Waals surface area contributed by atoms with Gasteiger partial charge in [-0.3, -0.25) is 0 Å². The number of nitrogens with one attached hydrogen (secondary N) is 1. The van der Waals surface area contributed by atoms with Crippen molar-refractivity contribution in [2.24, 2.45) is 0 Å². The van der Waals surface area contributed by atoms with E-state index in [-0.39, 0.29) is 0 Å². The highest BCUT2D eigenvalue weighted by atomic mass is 35.5. The Bertz CT molecular complexity index is 591. The maximum atomic E-state index is 6.12. The minimum Gasteiger partial charge on any atom is -0.377 e. The summed E-state index contributed by atoms with van der Waals surface area (Å²) >= 11 is 6.12. The summed E-state index contributed by atoms with van der Waals surface area (Å²) in [6, 6.07) is 5.90. The second-order valence-corrected chi connectivity index (χ2v) is 5.31. The lowest BCUT2D eigenvalue weighted by Gasteiger charge is -2.15. The second-order valence-electron chi connectivity index (χ2n) is 4.91. The zero-order valence-corrected chi connectivity index (χ0v) is 11.7. The second kappa shape index (κ2) is 5.21. The van der Waals surface area contributed by atoms with Gasteiger partial charge in [0, 0.05) is 23.7 Å². The number of rotatable bonds is 3. The molecule has 0 amide bonds. The van der Waals surface area contributed by atoms with Crippen molar-refractivity contribution in [3.8, 4) is 0 Å². The molecule has 0 bridgehead atoms. The van der Waals surface area contributed by atoms with Crippen molar-refractivity contribution in [1.82, 2.24) is 14.8 Å². The first kappa shape index (κ1) is 12.5. The van der Waals surface area contributed by atoms with Gasteiger partial charge in [0.15, 0.2) is 5.82 Å². The van der Waals surface area contributed by atoms with Gasteiger partial charge in [0.05, 0.1) is 6.54 Å². The number of hydrogen-bond donors (Lipinski definition) is 1. The molecule has 2 heterocycles. The molecule has 0 aliphatic carbocycles. The molecule has 5 heteroatoms. The van der Waals surface area contributed by atoms with Crippen molar-refractivity contribution in [2.45, 2.75) is 39.3 Å². The molecule has 0 saturated heterocycles. The Kier molecular flexibility index (Phi) is 3.42. The number of aromatic nitrogens is 3. The fraction of sp³-hybridized carbons (Fsp3) is 0.429. The Morgan fingerprint density at radius 3 is 3.11 bits per heavy atom. The fourth-order valence-corrected chi connectivity index (χ4v) is 2.65. The molecule has 1 aromatic heterocycles. The van der Waals surface area contributed by atoms with Crippen LogP contribution >= 0.6 is 11.6 Å². The molecule has 1 N–H and O–H groups in total. The average molecular weight is 277 g/mol. The fourth-order valence-electron chi connectivity index (χ4n) is 2.47. The number of hydrogen-bond acceptors (Lipinski definition) is 3. The van der Waals surface area contributed by atoms with Crippen LogP contribution in [0.25, 0.3) is 0 Å². The lowest BCUT2D eigenvalue weighted by atomic mass is 10.1. The van der Waals surface area contributed by atoms with Gasteiger partial charge in [-0.1, -0.05) is 17.7 Å². The Labute approximate surface area is 117 Å². The lowest BCUT2D eigenvalue weighted by molar-refractivity contribution is 0.510. The van der Waals surface area contributed by atoms with Crippen LogP contribution in [0.3, 0.4) is 0 Å². The Balaban J connectivity index is 1.76. The van der Waals surface area contributed by atoms with Gasteiger partial charge in [-0.05, 0) is 37.5 Å². The summed E-state index contributed by atoms with van der Waals surface area (Å²) in [6.07, 6.45) is 3.48. The maximum Gasteiger partial charge on any atom is 0.152 e. The highest BCUT2D eigenvalue weighted by Crippen LogP contribution is 2.23. The van der Waals surface area contributed by atoms with Crippen LogP contribution in [0.5, 0.6) is 0 Å². The molecule has 19 heavy (non-hydrogen) atoms. The first-order valence-electron chi connectivity index (χ1n) is 6.65. The van der Waals surface area contributed by atoms with Gasteiger partial charge in [0.2, 0.25) is 0 Å². The van der Waals surface area contributed by atoms with Crippen LogP contribution in [-0.2, 0) is 19.5 Å². The van der Waals surface area contributed by atoms with E-state index in [1.807, 2.05) is 25.1 Å². The zero-order valence-electron chi connectivity index (χ0n) is 11.0. The van der Waals surface area contributed by atoms with E-state index in [0.29, 0.717) is 6.54 Å². The highest BCUT2D eigenvalue weighted by Gasteiger charge is 2.15.